The predicted molar refractivity (Wildman–Crippen MR) is 83.7 cm³/mol. The number of nitrogens with zero attached hydrogens (tertiary/aromatic N) is 1. The molecule has 0 amide bonds. The van der Waals surface area contributed by atoms with Gasteiger partial charge in [-0.2, -0.15) is 0 Å². The standard InChI is InChI=1S/C12H27N3.HI/c1-6-11(7-2)9-15-12(13-5)14-8-10(3)4;/h10-11H,6-9H2,1-5H3,(H2,13,14,15);1H. The summed E-state index contributed by atoms with van der Waals surface area (Å²) in [7, 11) is 1.82. The van der Waals surface area contributed by atoms with E-state index in [0.29, 0.717) is 5.92 Å². The summed E-state index contributed by atoms with van der Waals surface area (Å²) in [5.74, 6) is 2.33. The summed E-state index contributed by atoms with van der Waals surface area (Å²) in [5, 5.41) is 6.68. The maximum Gasteiger partial charge on any atom is 0.190 e. The molecule has 2 N–H and O–H groups in total. The summed E-state index contributed by atoms with van der Waals surface area (Å²) in [6.45, 7) is 10.9. The molecule has 0 spiro atoms. The van der Waals surface area contributed by atoms with Crippen LogP contribution in [0.2, 0.25) is 0 Å². The lowest BCUT2D eigenvalue weighted by Crippen LogP contribution is -2.41. The molecule has 0 heterocycles. The highest BCUT2D eigenvalue weighted by atomic mass is 127. The van der Waals surface area contributed by atoms with Crippen LogP contribution in [0.25, 0.3) is 0 Å². The van der Waals surface area contributed by atoms with E-state index in [1.54, 1.807) is 0 Å². The lowest BCUT2D eigenvalue weighted by molar-refractivity contribution is 0.480. The van der Waals surface area contributed by atoms with E-state index in [2.05, 4.69) is 43.3 Å². The van der Waals surface area contributed by atoms with Gasteiger partial charge in [0, 0.05) is 20.1 Å². The lowest BCUT2D eigenvalue weighted by Gasteiger charge is -2.17. The molecule has 0 aliphatic carbocycles. The van der Waals surface area contributed by atoms with Crippen LogP contribution in [-0.4, -0.2) is 26.1 Å². The van der Waals surface area contributed by atoms with Crippen molar-refractivity contribution in [2.75, 3.05) is 20.1 Å². The van der Waals surface area contributed by atoms with Gasteiger partial charge in [-0.25, -0.2) is 0 Å². The minimum atomic E-state index is 0. The molecule has 3 nitrogen and oxygen atoms in total. The number of hydrogen-bond acceptors (Lipinski definition) is 1. The van der Waals surface area contributed by atoms with Gasteiger partial charge in [-0.3, -0.25) is 4.99 Å². The van der Waals surface area contributed by atoms with Crippen LogP contribution in [0.4, 0.5) is 0 Å². The number of hydrogen-bond donors (Lipinski definition) is 2. The molecular weight excluding hydrogens is 313 g/mol. The minimum Gasteiger partial charge on any atom is -0.356 e. The van der Waals surface area contributed by atoms with E-state index in [1.165, 1.54) is 12.8 Å². The van der Waals surface area contributed by atoms with Gasteiger partial charge in [0.1, 0.15) is 0 Å². The molecule has 0 aromatic heterocycles. The van der Waals surface area contributed by atoms with E-state index < -0.39 is 0 Å². The number of halogens is 1. The second kappa shape index (κ2) is 11.5. The number of rotatable bonds is 6. The van der Waals surface area contributed by atoms with E-state index in [9.17, 15) is 0 Å². The molecule has 0 rings (SSSR count). The molecule has 16 heavy (non-hydrogen) atoms. The monoisotopic (exact) mass is 341 g/mol. The second-order valence-electron chi connectivity index (χ2n) is 4.41. The molecule has 0 atom stereocenters. The molecule has 0 aliphatic rings. The fraction of sp³-hybridized carbons (Fsp3) is 0.917. The maximum absolute atomic E-state index is 4.19. The van der Waals surface area contributed by atoms with Crippen molar-refractivity contribution in [2.24, 2.45) is 16.8 Å². The highest BCUT2D eigenvalue weighted by molar-refractivity contribution is 14.0. The molecule has 0 fully saturated rings. The highest BCUT2D eigenvalue weighted by Gasteiger charge is 2.04. The van der Waals surface area contributed by atoms with Crippen LogP contribution < -0.4 is 10.6 Å². The Morgan fingerprint density at radius 1 is 1.06 bits per heavy atom. The third-order valence-electron chi connectivity index (χ3n) is 2.61. The average Bonchev–Trinajstić information content (AvgIpc) is 2.23. The molecule has 0 aliphatic heterocycles. The Bertz CT molecular complexity index is 177. The first kappa shape index (κ1) is 18.4. The van der Waals surface area contributed by atoms with Crippen LogP contribution in [0.15, 0.2) is 4.99 Å². The van der Waals surface area contributed by atoms with Crippen LogP contribution in [-0.2, 0) is 0 Å². The van der Waals surface area contributed by atoms with Crippen molar-refractivity contribution in [1.82, 2.24) is 10.6 Å². The molecule has 4 heteroatoms. The predicted octanol–water partition coefficient (Wildman–Crippen LogP) is 2.86. The van der Waals surface area contributed by atoms with Crippen molar-refractivity contribution in [2.45, 2.75) is 40.5 Å². The van der Waals surface area contributed by atoms with Crippen molar-refractivity contribution >= 4 is 29.9 Å². The molecule has 0 aromatic carbocycles. The zero-order chi connectivity index (χ0) is 11.7. The van der Waals surface area contributed by atoms with Crippen LogP contribution in [0.5, 0.6) is 0 Å². The summed E-state index contributed by atoms with van der Waals surface area (Å²) < 4.78 is 0. The Labute approximate surface area is 118 Å². The lowest BCUT2D eigenvalue weighted by atomic mass is 10.0. The first-order valence-electron chi connectivity index (χ1n) is 6.08. The summed E-state index contributed by atoms with van der Waals surface area (Å²) in [5.41, 5.74) is 0. The zero-order valence-electron chi connectivity index (χ0n) is 11.3. The van der Waals surface area contributed by atoms with Gasteiger partial charge in [0.15, 0.2) is 5.96 Å². The molecule has 98 valence electrons. The molecule has 0 saturated heterocycles. The topological polar surface area (TPSA) is 36.4 Å². The number of guanidine groups is 1. The largest absolute Gasteiger partial charge is 0.356 e. The van der Waals surface area contributed by atoms with E-state index >= 15 is 0 Å². The summed E-state index contributed by atoms with van der Waals surface area (Å²) in [4.78, 5) is 4.19. The highest BCUT2D eigenvalue weighted by Crippen LogP contribution is 2.04. The Morgan fingerprint density at radius 3 is 1.94 bits per heavy atom. The second-order valence-corrected chi connectivity index (χ2v) is 4.41. The van der Waals surface area contributed by atoms with Crippen molar-refractivity contribution in [1.29, 1.82) is 0 Å². The Hall–Kier alpha value is 0. The van der Waals surface area contributed by atoms with Gasteiger partial charge in [0.05, 0.1) is 0 Å². The minimum absolute atomic E-state index is 0. The van der Waals surface area contributed by atoms with E-state index in [0.717, 1.165) is 25.0 Å². The van der Waals surface area contributed by atoms with Crippen LogP contribution >= 0.6 is 24.0 Å². The van der Waals surface area contributed by atoms with Gasteiger partial charge < -0.3 is 10.6 Å². The zero-order valence-corrected chi connectivity index (χ0v) is 13.7. The molecule has 0 saturated carbocycles. The van der Waals surface area contributed by atoms with Crippen LogP contribution in [0.1, 0.15) is 40.5 Å². The van der Waals surface area contributed by atoms with Crippen molar-refractivity contribution < 1.29 is 0 Å². The maximum atomic E-state index is 4.19. The van der Waals surface area contributed by atoms with Gasteiger partial charge in [-0.15, -0.1) is 24.0 Å². The van der Waals surface area contributed by atoms with Gasteiger partial charge >= 0.3 is 0 Å². The summed E-state index contributed by atoms with van der Waals surface area (Å²) in [6.07, 6.45) is 2.45. The van der Waals surface area contributed by atoms with E-state index in [1.807, 2.05) is 7.05 Å². The normalized spacial score (nSPS) is 11.6. The molecule has 0 aromatic rings. The smallest absolute Gasteiger partial charge is 0.190 e. The SMILES string of the molecule is CCC(CC)CNC(=NC)NCC(C)C.I. The van der Waals surface area contributed by atoms with Crippen LogP contribution in [0, 0.1) is 11.8 Å². The third-order valence-corrected chi connectivity index (χ3v) is 2.61. The van der Waals surface area contributed by atoms with Gasteiger partial charge in [0.25, 0.3) is 0 Å². The Kier molecular flexibility index (Phi) is 13.2. The number of nitrogens with one attached hydrogen (secondary N) is 2. The third kappa shape index (κ3) is 9.24. The van der Waals surface area contributed by atoms with Crippen LogP contribution in [0.3, 0.4) is 0 Å². The first-order chi connectivity index (χ1) is 7.13. The molecule has 0 bridgehead atoms. The van der Waals surface area contributed by atoms with Gasteiger partial charge in [-0.05, 0) is 11.8 Å². The van der Waals surface area contributed by atoms with E-state index in [-0.39, 0.29) is 24.0 Å². The van der Waals surface area contributed by atoms with Crippen molar-refractivity contribution in [3.05, 3.63) is 0 Å². The number of aliphatic imine (C=N–C) groups is 1. The van der Waals surface area contributed by atoms with E-state index in [4.69, 9.17) is 0 Å². The van der Waals surface area contributed by atoms with Crippen molar-refractivity contribution in [3.8, 4) is 0 Å². The fourth-order valence-electron chi connectivity index (χ4n) is 1.34. The Balaban J connectivity index is 0. The summed E-state index contributed by atoms with van der Waals surface area (Å²) in [6, 6.07) is 0. The fourth-order valence-corrected chi connectivity index (χ4v) is 1.34. The van der Waals surface area contributed by atoms with Gasteiger partial charge in [0.2, 0.25) is 0 Å². The average molecular weight is 341 g/mol. The molecular formula is C12H28IN3. The summed E-state index contributed by atoms with van der Waals surface area (Å²) >= 11 is 0. The molecule has 0 radical (unpaired) electrons. The Morgan fingerprint density at radius 2 is 1.56 bits per heavy atom. The quantitative estimate of drug-likeness (QED) is 0.443. The van der Waals surface area contributed by atoms with Crippen molar-refractivity contribution in [3.63, 3.8) is 0 Å². The van der Waals surface area contributed by atoms with Gasteiger partial charge in [-0.1, -0.05) is 40.5 Å². The first-order valence-corrected chi connectivity index (χ1v) is 6.08. The molecule has 0 unspecified atom stereocenters.